The maximum absolute atomic E-state index is 11.0. The molecule has 1 fully saturated rings. The predicted octanol–water partition coefficient (Wildman–Crippen LogP) is 0.909. The van der Waals surface area contributed by atoms with Crippen LogP contribution in [0.1, 0.15) is 19.8 Å². The Morgan fingerprint density at radius 3 is 3.08 bits per heavy atom. The van der Waals surface area contributed by atoms with Crippen molar-refractivity contribution >= 4 is 17.5 Å². The molecule has 3 nitrogen and oxygen atoms in total. The number of halogens is 1. The molecule has 1 rings (SSSR count). The number of carbonyl (C=O) groups excluding carboxylic acids is 1. The van der Waals surface area contributed by atoms with Gasteiger partial charge in [0, 0.05) is 13.2 Å². The summed E-state index contributed by atoms with van der Waals surface area (Å²) in [7, 11) is 0. The number of hydrogen-bond donors (Lipinski definition) is 1. The van der Waals surface area contributed by atoms with Gasteiger partial charge in [-0.1, -0.05) is 0 Å². The third-order valence-electron chi connectivity index (χ3n) is 1.89. The molecular formula is C8H14ClNO2. The molecule has 12 heavy (non-hydrogen) atoms. The molecule has 0 unspecified atom stereocenters. The number of carbonyl (C=O) groups is 1. The summed E-state index contributed by atoms with van der Waals surface area (Å²) in [6, 6.07) is 0. The van der Waals surface area contributed by atoms with Crippen LogP contribution in [0.4, 0.5) is 0 Å². The molecule has 0 radical (unpaired) electrons. The fourth-order valence-electron chi connectivity index (χ4n) is 1.16. The molecule has 0 bridgehead atoms. The second-order valence-electron chi connectivity index (χ2n) is 3.00. The lowest BCUT2D eigenvalue weighted by molar-refractivity contribution is -0.120. The lowest BCUT2D eigenvalue weighted by atomic mass is 10.2. The van der Waals surface area contributed by atoms with E-state index in [9.17, 15) is 4.79 Å². The molecule has 0 aromatic rings. The Labute approximate surface area is 77.4 Å². The Hall–Kier alpha value is -0.280. The van der Waals surface area contributed by atoms with Crippen molar-refractivity contribution in [3.05, 3.63) is 0 Å². The normalized spacial score (nSPS) is 25.3. The van der Waals surface area contributed by atoms with Crippen molar-refractivity contribution in [1.29, 1.82) is 0 Å². The highest BCUT2D eigenvalue weighted by atomic mass is 35.5. The molecule has 0 aliphatic carbocycles. The van der Waals surface area contributed by atoms with Gasteiger partial charge >= 0.3 is 0 Å². The molecule has 1 amide bonds. The Balaban J connectivity index is 2.12. The molecule has 0 spiro atoms. The van der Waals surface area contributed by atoms with Gasteiger partial charge in [0.2, 0.25) is 5.91 Å². The number of hydrogen-bond acceptors (Lipinski definition) is 2. The Kier molecular flexibility index (Phi) is 3.82. The van der Waals surface area contributed by atoms with E-state index in [4.69, 9.17) is 16.3 Å². The number of ether oxygens (including phenoxy) is 1. The number of amides is 1. The Morgan fingerprint density at radius 2 is 2.58 bits per heavy atom. The predicted molar refractivity (Wildman–Crippen MR) is 47.3 cm³/mol. The minimum absolute atomic E-state index is 0.118. The van der Waals surface area contributed by atoms with Gasteiger partial charge in [0.1, 0.15) is 5.38 Å². The zero-order valence-electron chi connectivity index (χ0n) is 7.18. The molecule has 70 valence electrons. The first-order valence-corrected chi connectivity index (χ1v) is 4.67. The van der Waals surface area contributed by atoms with Crippen LogP contribution in [0.15, 0.2) is 0 Å². The summed E-state index contributed by atoms with van der Waals surface area (Å²) in [6.45, 7) is 3.07. The maximum atomic E-state index is 11.0. The van der Waals surface area contributed by atoms with Crippen LogP contribution in [0, 0.1) is 0 Å². The zero-order valence-corrected chi connectivity index (χ0v) is 7.93. The molecule has 1 heterocycles. The van der Waals surface area contributed by atoms with E-state index in [1.165, 1.54) is 0 Å². The smallest absolute Gasteiger partial charge is 0.237 e. The van der Waals surface area contributed by atoms with Crippen LogP contribution in [0.3, 0.4) is 0 Å². The van der Waals surface area contributed by atoms with Crippen LogP contribution in [-0.4, -0.2) is 30.5 Å². The quantitative estimate of drug-likeness (QED) is 0.674. The zero-order chi connectivity index (χ0) is 8.97. The number of rotatable bonds is 3. The summed E-state index contributed by atoms with van der Waals surface area (Å²) in [5.41, 5.74) is 0. The van der Waals surface area contributed by atoms with Gasteiger partial charge < -0.3 is 10.1 Å². The average molecular weight is 192 g/mol. The fraction of sp³-hybridized carbons (Fsp3) is 0.875. The van der Waals surface area contributed by atoms with Gasteiger partial charge in [-0.15, -0.1) is 11.6 Å². The van der Waals surface area contributed by atoms with Crippen molar-refractivity contribution < 1.29 is 9.53 Å². The molecule has 2 atom stereocenters. The van der Waals surface area contributed by atoms with E-state index < -0.39 is 5.38 Å². The second kappa shape index (κ2) is 4.67. The summed E-state index contributed by atoms with van der Waals surface area (Å²) >= 11 is 5.56. The lowest BCUT2D eigenvalue weighted by Crippen LogP contribution is -2.35. The van der Waals surface area contributed by atoms with E-state index in [0.29, 0.717) is 6.54 Å². The monoisotopic (exact) mass is 191 g/mol. The van der Waals surface area contributed by atoms with E-state index in [1.807, 2.05) is 0 Å². The molecule has 0 aromatic heterocycles. The average Bonchev–Trinajstić information content (AvgIpc) is 2.51. The first-order chi connectivity index (χ1) is 5.70. The van der Waals surface area contributed by atoms with Crippen LogP contribution in [-0.2, 0) is 9.53 Å². The van der Waals surface area contributed by atoms with E-state index in [1.54, 1.807) is 6.92 Å². The second-order valence-corrected chi connectivity index (χ2v) is 3.65. The van der Waals surface area contributed by atoms with Crippen molar-refractivity contribution in [1.82, 2.24) is 5.32 Å². The SMILES string of the molecule is C[C@H](Cl)C(=O)NC[C@@H]1CCCO1. The summed E-state index contributed by atoms with van der Waals surface area (Å²) in [6.07, 6.45) is 2.33. The van der Waals surface area contributed by atoms with Gasteiger partial charge in [-0.3, -0.25) is 4.79 Å². The molecule has 1 saturated heterocycles. The first kappa shape index (κ1) is 9.81. The molecule has 1 aliphatic rings. The van der Waals surface area contributed by atoms with E-state index in [2.05, 4.69) is 5.32 Å². The van der Waals surface area contributed by atoms with Crippen LogP contribution in [0.5, 0.6) is 0 Å². The van der Waals surface area contributed by atoms with Crippen LogP contribution in [0.2, 0.25) is 0 Å². The van der Waals surface area contributed by atoms with Crippen LogP contribution in [0.25, 0.3) is 0 Å². The van der Waals surface area contributed by atoms with Crippen molar-refractivity contribution in [2.24, 2.45) is 0 Å². The molecular weight excluding hydrogens is 178 g/mol. The number of alkyl halides is 1. The minimum Gasteiger partial charge on any atom is -0.376 e. The lowest BCUT2D eigenvalue weighted by Gasteiger charge is -2.11. The third-order valence-corrected chi connectivity index (χ3v) is 2.09. The first-order valence-electron chi connectivity index (χ1n) is 4.23. The van der Waals surface area contributed by atoms with Gasteiger partial charge in [0.05, 0.1) is 6.10 Å². The largest absolute Gasteiger partial charge is 0.376 e. The molecule has 4 heteroatoms. The van der Waals surface area contributed by atoms with Crippen molar-refractivity contribution in [3.8, 4) is 0 Å². The fourth-order valence-corrected chi connectivity index (χ4v) is 1.24. The van der Waals surface area contributed by atoms with E-state index in [-0.39, 0.29) is 12.0 Å². The van der Waals surface area contributed by atoms with Crippen LogP contribution < -0.4 is 5.32 Å². The van der Waals surface area contributed by atoms with Gasteiger partial charge in [0.25, 0.3) is 0 Å². The molecule has 0 saturated carbocycles. The van der Waals surface area contributed by atoms with Gasteiger partial charge in [0.15, 0.2) is 0 Å². The third kappa shape index (κ3) is 2.99. The van der Waals surface area contributed by atoms with Crippen LogP contribution >= 0.6 is 11.6 Å². The van der Waals surface area contributed by atoms with E-state index in [0.717, 1.165) is 19.4 Å². The van der Waals surface area contributed by atoms with Crippen molar-refractivity contribution in [2.45, 2.75) is 31.2 Å². The van der Waals surface area contributed by atoms with Crippen molar-refractivity contribution in [2.75, 3.05) is 13.2 Å². The van der Waals surface area contributed by atoms with Gasteiger partial charge in [-0.25, -0.2) is 0 Å². The van der Waals surface area contributed by atoms with Crippen molar-refractivity contribution in [3.63, 3.8) is 0 Å². The highest BCUT2D eigenvalue weighted by Gasteiger charge is 2.17. The summed E-state index contributed by atoms with van der Waals surface area (Å²) in [5.74, 6) is -0.118. The highest BCUT2D eigenvalue weighted by Crippen LogP contribution is 2.10. The Bertz CT molecular complexity index is 155. The summed E-state index contributed by atoms with van der Waals surface area (Å²) in [4.78, 5) is 11.0. The van der Waals surface area contributed by atoms with E-state index >= 15 is 0 Å². The summed E-state index contributed by atoms with van der Waals surface area (Å²) < 4.78 is 5.33. The standard InChI is InChI=1S/C8H14ClNO2/c1-6(9)8(11)10-5-7-3-2-4-12-7/h6-7H,2-5H2,1H3,(H,10,11)/t6-,7-/m0/s1. The maximum Gasteiger partial charge on any atom is 0.237 e. The summed E-state index contributed by atoms with van der Waals surface area (Å²) in [5, 5.41) is 2.28. The Morgan fingerprint density at radius 1 is 1.83 bits per heavy atom. The number of nitrogens with one attached hydrogen (secondary N) is 1. The topological polar surface area (TPSA) is 38.3 Å². The minimum atomic E-state index is -0.452. The molecule has 1 aliphatic heterocycles. The molecule has 0 aromatic carbocycles. The molecule has 1 N–H and O–H groups in total. The van der Waals surface area contributed by atoms with Gasteiger partial charge in [-0.2, -0.15) is 0 Å². The highest BCUT2D eigenvalue weighted by molar-refractivity contribution is 6.30. The van der Waals surface area contributed by atoms with Gasteiger partial charge in [-0.05, 0) is 19.8 Å².